The first-order chi connectivity index (χ1) is 13.4. The molecule has 6 heteroatoms. The van der Waals surface area contributed by atoms with Crippen LogP contribution in [0.3, 0.4) is 0 Å². The van der Waals surface area contributed by atoms with E-state index in [2.05, 4.69) is 5.32 Å². The standard InChI is InChI=1S/C22H21ClFNO3/c1-3-28-21(26)12-16-11-15-10-14(7-8-20(15)25-22(16)27)13(2)9-17-18(23)5-4-6-19(17)24/h4-10,16H,3,11-12H2,1-2H3,(H,25,27). The van der Waals surface area contributed by atoms with Crippen LogP contribution in [0.1, 0.15) is 37.0 Å². The average molecular weight is 402 g/mol. The molecule has 1 aliphatic rings. The molecule has 2 aromatic rings. The first-order valence-corrected chi connectivity index (χ1v) is 9.49. The number of amides is 1. The predicted octanol–water partition coefficient (Wildman–Crippen LogP) is 5.10. The van der Waals surface area contributed by atoms with Crippen LogP contribution in [0.25, 0.3) is 11.6 Å². The van der Waals surface area contributed by atoms with Crippen molar-refractivity contribution in [2.24, 2.45) is 5.92 Å². The highest BCUT2D eigenvalue weighted by atomic mass is 35.5. The molecule has 2 aromatic carbocycles. The number of carbonyl (C=O) groups excluding carboxylic acids is 2. The second-order valence-corrected chi connectivity index (χ2v) is 7.14. The molecular weight excluding hydrogens is 381 g/mol. The first kappa shape index (κ1) is 20.1. The molecule has 28 heavy (non-hydrogen) atoms. The lowest BCUT2D eigenvalue weighted by molar-refractivity contribution is -0.145. The molecule has 0 saturated heterocycles. The molecule has 0 radical (unpaired) electrons. The largest absolute Gasteiger partial charge is 0.466 e. The molecule has 146 valence electrons. The third-order valence-corrected chi connectivity index (χ3v) is 5.06. The molecule has 1 atom stereocenters. The van der Waals surface area contributed by atoms with Crippen molar-refractivity contribution in [1.29, 1.82) is 0 Å². The quantitative estimate of drug-likeness (QED) is 0.560. The zero-order valence-corrected chi connectivity index (χ0v) is 16.5. The van der Waals surface area contributed by atoms with Gasteiger partial charge in [0.05, 0.1) is 24.0 Å². The predicted molar refractivity (Wildman–Crippen MR) is 108 cm³/mol. The molecule has 0 aliphatic carbocycles. The van der Waals surface area contributed by atoms with Gasteiger partial charge in [0.2, 0.25) is 5.91 Å². The SMILES string of the molecule is CCOC(=O)CC1Cc2cc(C(C)=Cc3c(F)cccc3Cl)ccc2NC1=O. The summed E-state index contributed by atoms with van der Waals surface area (Å²) in [6, 6.07) is 10.2. The fraction of sp³-hybridized carbons (Fsp3) is 0.273. The summed E-state index contributed by atoms with van der Waals surface area (Å²) in [5, 5.41) is 3.19. The Bertz CT molecular complexity index is 935. The summed E-state index contributed by atoms with van der Waals surface area (Å²) < 4.78 is 19.0. The molecule has 1 amide bonds. The van der Waals surface area contributed by atoms with Gasteiger partial charge in [0.15, 0.2) is 0 Å². The van der Waals surface area contributed by atoms with Crippen LogP contribution < -0.4 is 5.32 Å². The zero-order chi connectivity index (χ0) is 20.3. The van der Waals surface area contributed by atoms with Gasteiger partial charge in [-0.1, -0.05) is 23.7 Å². The van der Waals surface area contributed by atoms with Gasteiger partial charge in [0.25, 0.3) is 0 Å². The van der Waals surface area contributed by atoms with Gasteiger partial charge < -0.3 is 10.1 Å². The van der Waals surface area contributed by atoms with Crippen LogP contribution in [0.15, 0.2) is 36.4 Å². The number of fused-ring (bicyclic) bond motifs is 1. The Hall–Kier alpha value is -2.66. The summed E-state index contributed by atoms with van der Waals surface area (Å²) in [6.07, 6.45) is 2.20. The Morgan fingerprint density at radius 2 is 2.14 bits per heavy atom. The van der Waals surface area contributed by atoms with Crippen LogP contribution >= 0.6 is 11.6 Å². The topological polar surface area (TPSA) is 55.4 Å². The molecule has 0 bridgehead atoms. The third-order valence-electron chi connectivity index (χ3n) is 4.73. The number of rotatable bonds is 5. The number of anilines is 1. The van der Waals surface area contributed by atoms with Gasteiger partial charge in [0.1, 0.15) is 5.82 Å². The van der Waals surface area contributed by atoms with E-state index in [4.69, 9.17) is 16.3 Å². The Morgan fingerprint density at radius 1 is 1.36 bits per heavy atom. The number of esters is 1. The van der Waals surface area contributed by atoms with Crippen molar-refractivity contribution in [1.82, 2.24) is 0 Å². The highest BCUT2D eigenvalue weighted by Crippen LogP contribution is 2.31. The summed E-state index contributed by atoms with van der Waals surface area (Å²) in [6.45, 7) is 3.90. The summed E-state index contributed by atoms with van der Waals surface area (Å²) >= 11 is 6.11. The fourth-order valence-corrected chi connectivity index (χ4v) is 3.47. The Morgan fingerprint density at radius 3 is 2.86 bits per heavy atom. The molecular formula is C22H21ClFNO3. The Kier molecular flexibility index (Phi) is 6.15. The van der Waals surface area contributed by atoms with Gasteiger partial charge in [-0.2, -0.15) is 0 Å². The number of carbonyl (C=O) groups is 2. The first-order valence-electron chi connectivity index (χ1n) is 9.11. The van der Waals surface area contributed by atoms with Crippen molar-refractivity contribution < 1.29 is 18.7 Å². The fourth-order valence-electron chi connectivity index (χ4n) is 3.26. The molecule has 4 nitrogen and oxygen atoms in total. The molecule has 0 aromatic heterocycles. The molecule has 1 aliphatic heterocycles. The van der Waals surface area contributed by atoms with Crippen molar-refractivity contribution in [3.63, 3.8) is 0 Å². The van der Waals surface area contributed by atoms with Crippen molar-refractivity contribution in [2.45, 2.75) is 26.7 Å². The van der Waals surface area contributed by atoms with E-state index in [0.29, 0.717) is 17.0 Å². The second-order valence-electron chi connectivity index (χ2n) is 6.73. The summed E-state index contributed by atoms with van der Waals surface area (Å²) in [5.41, 5.74) is 3.73. The lowest BCUT2D eigenvalue weighted by Crippen LogP contribution is -2.32. The van der Waals surface area contributed by atoms with E-state index in [0.717, 1.165) is 22.4 Å². The summed E-state index contributed by atoms with van der Waals surface area (Å²) in [4.78, 5) is 24.0. The lowest BCUT2D eigenvalue weighted by atomic mass is 9.89. The van der Waals surface area contributed by atoms with Crippen LogP contribution in [0.2, 0.25) is 5.02 Å². The third kappa shape index (κ3) is 4.42. The molecule has 0 spiro atoms. The van der Waals surface area contributed by atoms with Crippen molar-refractivity contribution >= 4 is 40.8 Å². The number of halogens is 2. The maximum atomic E-state index is 14.1. The van der Waals surface area contributed by atoms with Gasteiger partial charge >= 0.3 is 5.97 Å². The normalized spacial score (nSPS) is 16.4. The van der Waals surface area contributed by atoms with Crippen LogP contribution in [-0.2, 0) is 20.7 Å². The smallest absolute Gasteiger partial charge is 0.306 e. The minimum atomic E-state index is -0.466. The van der Waals surface area contributed by atoms with Gasteiger partial charge in [0, 0.05) is 11.3 Å². The van der Waals surface area contributed by atoms with E-state index in [-0.39, 0.29) is 30.7 Å². The molecule has 3 rings (SSSR count). The van der Waals surface area contributed by atoms with E-state index < -0.39 is 5.92 Å². The van der Waals surface area contributed by atoms with Gasteiger partial charge in [-0.15, -0.1) is 0 Å². The number of hydrogen-bond donors (Lipinski definition) is 1. The van der Waals surface area contributed by atoms with Crippen LogP contribution in [0, 0.1) is 11.7 Å². The highest BCUT2D eigenvalue weighted by molar-refractivity contribution is 6.32. The molecule has 0 fully saturated rings. The maximum absolute atomic E-state index is 14.1. The molecule has 1 N–H and O–H groups in total. The van der Waals surface area contributed by atoms with E-state index in [1.807, 2.05) is 25.1 Å². The molecule has 0 saturated carbocycles. The van der Waals surface area contributed by atoms with E-state index >= 15 is 0 Å². The molecule has 1 heterocycles. The van der Waals surface area contributed by atoms with Crippen molar-refractivity contribution in [2.75, 3.05) is 11.9 Å². The summed E-state index contributed by atoms with van der Waals surface area (Å²) in [5.74, 6) is -1.41. The minimum absolute atomic E-state index is 0.0446. The Labute approximate surface area is 168 Å². The second kappa shape index (κ2) is 8.57. The molecule has 1 unspecified atom stereocenters. The summed E-state index contributed by atoms with van der Waals surface area (Å²) in [7, 11) is 0. The zero-order valence-electron chi connectivity index (χ0n) is 15.7. The number of hydrogen-bond acceptors (Lipinski definition) is 3. The maximum Gasteiger partial charge on any atom is 0.306 e. The highest BCUT2D eigenvalue weighted by Gasteiger charge is 2.28. The van der Waals surface area contributed by atoms with E-state index in [1.165, 1.54) is 6.07 Å². The van der Waals surface area contributed by atoms with Crippen LogP contribution in [0.4, 0.5) is 10.1 Å². The van der Waals surface area contributed by atoms with Gasteiger partial charge in [-0.3, -0.25) is 9.59 Å². The van der Waals surface area contributed by atoms with Crippen molar-refractivity contribution in [3.05, 3.63) is 63.9 Å². The Balaban J connectivity index is 1.86. The van der Waals surface area contributed by atoms with E-state index in [1.54, 1.807) is 25.1 Å². The van der Waals surface area contributed by atoms with Gasteiger partial charge in [-0.05, 0) is 67.3 Å². The number of benzene rings is 2. The number of allylic oxidation sites excluding steroid dienone is 1. The minimum Gasteiger partial charge on any atom is -0.466 e. The van der Waals surface area contributed by atoms with E-state index in [9.17, 15) is 14.0 Å². The van der Waals surface area contributed by atoms with Crippen molar-refractivity contribution in [3.8, 4) is 0 Å². The van der Waals surface area contributed by atoms with Crippen LogP contribution in [-0.4, -0.2) is 18.5 Å². The lowest BCUT2D eigenvalue weighted by Gasteiger charge is -2.24. The average Bonchev–Trinajstić information content (AvgIpc) is 2.65. The number of ether oxygens (including phenoxy) is 1. The monoisotopic (exact) mass is 401 g/mol. The van der Waals surface area contributed by atoms with Gasteiger partial charge in [-0.25, -0.2) is 4.39 Å². The number of nitrogens with one attached hydrogen (secondary N) is 1. The van der Waals surface area contributed by atoms with Crippen LogP contribution in [0.5, 0.6) is 0 Å².